The standard InChI is InChI=1S/C26H35NO/c1-19-4-2-3-5-20(19)12-15-26(16-17-26)27-24-18-25(24)13-10-22(11-14-25)21-6-8-23(28)9-7-21/h2-3,5-9,19,22,24,27-28H,4,10-18H2,1H3. The second kappa shape index (κ2) is 7.06. The first-order chi connectivity index (χ1) is 13.6. The van der Waals surface area contributed by atoms with E-state index in [1.807, 2.05) is 12.1 Å². The quantitative estimate of drug-likeness (QED) is 0.615. The monoisotopic (exact) mass is 377 g/mol. The summed E-state index contributed by atoms with van der Waals surface area (Å²) in [6.07, 6.45) is 20.3. The van der Waals surface area contributed by atoms with Crippen LogP contribution in [0.25, 0.3) is 0 Å². The molecule has 1 aromatic carbocycles. The summed E-state index contributed by atoms with van der Waals surface area (Å²) < 4.78 is 0. The minimum absolute atomic E-state index is 0.381. The number of phenolic OH excluding ortho intramolecular Hbond substituents is 1. The Kier molecular flexibility index (Phi) is 4.66. The number of benzene rings is 1. The van der Waals surface area contributed by atoms with Crippen LogP contribution >= 0.6 is 0 Å². The molecule has 3 fully saturated rings. The van der Waals surface area contributed by atoms with Crippen LogP contribution in [0.4, 0.5) is 0 Å². The van der Waals surface area contributed by atoms with E-state index in [1.54, 1.807) is 5.57 Å². The van der Waals surface area contributed by atoms with Crippen molar-refractivity contribution >= 4 is 0 Å². The van der Waals surface area contributed by atoms with Gasteiger partial charge in [-0.05, 0) is 99.2 Å². The van der Waals surface area contributed by atoms with Gasteiger partial charge in [-0.1, -0.05) is 42.9 Å². The van der Waals surface area contributed by atoms with Gasteiger partial charge in [0.15, 0.2) is 0 Å². The molecule has 1 aromatic rings. The predicted molar refractivity (Wildman–Crippen MR) is 115 cm³/mol. The van der Waals surface area contributed by atoms with E-state index in [0.29, 0.717) is 22.6 Å². The van der Waals surface area contributed by atoms with E-state index in [4.69, 9.17) is 0 Å². The van der Waals surface area contributed by atoms with E-state index in [0.717, 1.165) is 12.0 Å². The van der Waals surface area contributed by atoms with Crippen molar-refractivity contribution in [2.45, 2.75) is 88.6 Å². The van der Waals surface area contributed by atoms with Crippen molar-refractivity contribution < 1.29 is 5.11 Å². The lowest BCUT2D eigenvalue weighted by molar-refractivity contribution is 0.275. The molecule has 5 rings (SSSR count). The van der Waals surface area contributed by atoms with E-state index in [1.165, 1.54) is 69.8 Å². The molecule has 1 spiro atoms. The van der Waals surface area contributed by atoms with Gasteiger partial charge in [0.25, 0.3) is 0 Å². The molecule has 2 N–H and O–H groups in total. The van der Waals surface area contributed by atoms with Gasteiger partial charge < -0.3 is 10.4 Å². The number of hydrogen-bond donors (Lipinski definition) is 2. The summed E-state index contributed by atoms with van der Waals surface area (Å²) in [6, 6.07) is 8.70. The van der Waals surface area contributed by atoms with Crippen LogP contribution in [0.2, 0.25) is 0 Å². The molecule has 0 amide bonds. The lowest BCUT2D eigenvalue weighted by Gasteiger charge is -2.31. The maximum atomic E-state index is 9.52. The Labute approximate surface area is 170 Å². The van der Waals surface area contributed by atoms with Crippen molar-refractivity contribution in [1.82, 2.24) is 5.32 Å². The SMILES string of the molecule is CC1CC=CC=C1CCC1(NC2CC23CCC(c2ccc(O)cc2)CC3)CC1. The summed E-state index contributed by atoms with van der Waals surface area (Å²) in [5.74, 6) is 1.81. The number of nitrogens with one attached hydrogen (secondary N) is 1. The van der Waals surface area contributed by atoms with Crippen LogP contribution in [-0.2, 0) is 0 Å². The molecule has 2 unspecified atom stereocenters. The number of phenols is 1. The third-order valence-electron chi connectivity index (χ3n) is 8.33. The normalized spacial score (nSPS) is 35.6. The molecule has 0 saturated heterocycles. The molecule has 0 aromatic heterocycles. The van der Waals surface area contributed by atoms with Crippen molar-refractivity contribution in [2.75, 3.05) is 0 Å². The molecule has 2 heteroatoms. The summed E-state index contributed by atoms with van der Waals surface area (Å²) in [5.41, 5.74) is 4.14. The van der Waals surface area contributed by atoms with Gasteiger partial charge in [-0.3, -0.25) is 0 Å². The highest BCUT2D eigenvalue weighted by Crippen LogP contribution is 2.60. The van der Waals surface area contributed by atoms with Crippen LogP contribution in [0.15, 0.2) is 48.1 Å². The van der Waals surface area contributed by atoms with E-state index < -0.39 is 0 Å². The second-order valence-corrected chi connectivity index (χ2v) is 10.2. The fraction of sp³-hybridized carbons (Fsp3) is 0.615. The zero-order chi connectivity index (χ0) is 19.2. The smallest absolute Gasteiger partial charge is 0.115 e. The van der Waals surface area contributed by atoms with Gasteiger partial charge in [0.2, 0.25) is 0 Å². The second-order valence-electron chi connectivity index (χ2n) is 10.2. The Morgan fingerprint density at radius 1 is 1.07 bits per heavy atom. The summed E-state index contributed by atoms with van der Waals surface area (Å²) >= 11 is 0. The highest BCUT2D eigenvalue weighted by atomic mass is 16.3. The Bertz CT molecular complexity index is 762. The minimum atomic E-state index is 0.381. The molecular formula is C26H35NO. The lowest BCUT2D eigenvalue weighted by Crippen LogP contribution is -2.37. The van der Waals surface area contributed by atoms with Gasteiger partial charge in [0.1, 0.15) is 5.75 Å². The summed E-state index contributed by atoms with van der Waals surface area (Å²) in [4.78, 5) is 0. The van der Waals surface area contributed by atoms with Gasteiger partial charge in [-0.15, -0.1) is 0 Å². The highest BCUT2D eigenvalue weighted by Gasteiger charge is 2.58. The van der Waals surface area contributed by atoms with Crippen LogP contribution < -0.4 is 5.32 Å². The summed E-state index contributed by atoms with van der Waals surface area (Å²) in [5, 5.41) is 13.7. The molecule has 0 heterocycles. The Morgan fingerprint density at radius 3 is 2.50 bits per heavy atom. The largest absolute Gasteiger partial charge is 0.508 e. The predicted octanol–water partition coefficient (Wildman–Crippen LogP) is 6.23. The number of aromatic hydroxyl groups is 1. The van der Waals surface area contributed by atoms with E-state index in [-0.39, 0.29) is 0 Å². The average molecular weight is 378 g/mol. The van der Waals surface area contributed by atoms with Crippen molar-refractivity contribution in [2.24, 2.45) is 11.3 Å². The first-order valence-corrected chi connectivity index (χ1v) is 11.5. The first-order valence-electron chi connectivity index (χ1n) is 11.5. The van der Waals surface area contributed by atoms with Crippen molar-refractivity contribution in [3.8, 4) is 5.75 Å². The third-order valence-corrected chi connectivity index (χ3v) is 8.33. The fourth-order valence-electron chi connectivity index (χ4n) is 5.87. The molecule has 2 nitrogen and oxygen atoms in total. The number of allylic oxidation sites excluding steroid dienone is 4. The minimum Gasteiger partial charge on any atom is -0.508 e. The maximum absolute atomic E-state index is 9.52. The molecular weight excluding hydrogens is 342 g/mol. The number of hydrogen-bond acceptors (Lipinski definition) is 2. The Balaban J connectivity index is 1.12. The lowest BCUT2D eigenvalue weighted by atomic mass is 9.76. The van der Waals surface area contributed by atoms with E-state index in [9.17, 15) is 5.11 Å². The molecule has 0 bridgehead atoms. The molecule has 150 valence electrons. The third kappa shape index (κ3) is 3.68. The van der Waals surface area contributed by atoms with Crippen molar-refractivity contribution in [3.63, 3.8) is 0 Å². The van der Waals surface area contributed by atoms with Gasteiger partial charge >= 0.3 is 0 Å². The topological polar surface area (TPSA) is 32.3 Å². The summed E-state index contributed by atoms with van der Waals surface area (Å²) in [7, 11) is 0. The molecule has 4 aliphatic carbocycles. The van der Waals surface area contributed by atoms with Crippen LogP contribution in [0.5, 0.6) is 5.75 Å². The van der Waals surface area contributed by atoms with E-state index >= 15 is 0 Å². The van der Waals surface area contributed by atoms with Crippen molar-refractivity contribution in [3.05, 3.63) is 53.6 Å². The van der Waals surface area contributed by atoms with Gasteiger partial charge in [0, 0.05) is 11.6 Å². The van der Waals surface area contributed by atoms with Gasteiger partial charge in [0.05, 0.1) is 0 Å². The Hall–Kier alpha value is -1.54. The highest BCUT2D eigenvalue weighted by molar-refractivity contribution is 5.29. The Morgan fingerprint density at radius 2 is 1.82 bits per heavy atom. The molecule has 0 radical (unpaired) electrons. The van der Waals surface area contributed by atoms with Crippen molar-refractivity contribution in [1.29, 1.82) is 0 Å². The zero-order valence-electron chi connectivity index (χ0n) is 17.3. The van der Waals surface area contributed by atoms with E-state index in [2.05, 4.69) is 42.6 Å². The molecule has 4 aliphatic rings. The van der Waals surface area contributed by atoms with Gasteiger partial charge in [-0.2, -0.15) is 0 Å². The number of rotatable bonds is 6. The van der Waals surface area contributed by atoms with Crippen LogP contribution in [0.3, 0.4) is 0 Å². The summed E-state index contributed by atoms with van der Waals surface area (Å²) in [6.45, 7) is 2.38. The molecule has 0 aliphatic heterocycles. The fourth-order valence-corrected chi connectivity index (χ4v) is 5.87. The maximum Gasteiger partial charge on any atom is 0.115 e. The molecule has 3 saturated carbocycles. The van der Waals surface area contributed by atoms with Crippen LogP contribution in [0.1, 0.15) is 82.6 Å². The molecule has 2 atom stereocenters. The zero-order valence-corrected chi connectivity index (χ0v) is 17.3. The first kappa shape index (κ1) is 18.5. The van der Waals surface area contributed by atoms with Crippen LogP contribution in [-0.4, -0.2) is 16.7 Å². The molecule has 28 heavy (non-hydrogen) atoms. The average Bonchev–Trinajstić information content (AvgIpc) is 3.62. The van der Waals surface area contributed by atoms with Crippen LogP contribution in [0, 0.1) is 11.3 Å². The van der Waals surface area contributed by atoms with Gasteiger partial charge in [-0.25, -0.2) is 0 Å².